The van der Waals surface area contributed by atoms with Gasteiger partial charge in [0, 0.05) is 33.4 Å². The van der Waals surface area contributed by atoms with Gasteiger partial charge in [-0.3, -0.25) is 5.10 Å². The highest BCUT2D eigenvalue weighted by atomic mass is 32.1. The summed E-state index contributed by atoms with van der Waals surface area (Å²) in [5, 5.41) is 14.2. The number of aromatic nitrogens is 5. The summed E-state index contributed by atoms with van der Waals surface area (Å²) in [4.78, 5) is 5.33. The van der Waals surface area contributed by atoms with Crippen molar-refractivity contribution in [3.8, 4) is 22.5 Å². The molecule has 0 bridgehead atoms. The number of H-pyrrole nitrogens is 1. The summed E-state index contributed by atoms with van der Waals surface area (Å²) in [6.45, 7) is 4.56. The standard InChI is InChI=1S/C20H17N5S/c1-2-3-16-7-15(10-26-16)19-18-8-14-6-13(9-25-12-21-11-22-25)4-5-17(14)20(18)24-23-19/h2,4-7,10-12H,1,3,8-9H2,(H,23,24). The maximum atomic E-state index is 4.60. The minimum atomic E-state index is 0.738. The number of nitrogens with zero attached hydrogens (tertiary/aromatic N) is 4. The molecule has 26 heavy (non-hydrogen) atoms. The molecule has 0 amide bonds. The van der Waals surface area contributed by atoms with E-state index in [1.165, 1.54) is 32.7 Å². The van der Waals surface area contributed by atoms with E-state index in [0.29, 0.717) is 0 Å². The second-order valence-corrected chi connectivity index (χ2v) is 7.48. The van der Waals surface area contributed by atoms with Crippen molar-refractivity contribution in [1.82, 2.24) is 25.0 Å². The lowest BCUT2D eigenvalue weighted by Crippen LogP contribution is -2.00. The zero-order valence-corrected chi connectivity index (χ0v) is 15.0. The van der Waals surface area contributed by atoms with E-state index >= 15 is 0 Å². The van der Waals surface area contributed by atoms with Crippen molar-refractivity contribution in [3.05, 3.63) is 76.5 Å². The number of hydrogen-bond acceptors (Lipinski definition) is 4. The lowest BCUT2D eigenvalue weighted by Gasteiger charge is -2.05. The average Bonchev–Trinajstić information content (AvgIpc) is 3.38. The summed E-state index contributed by atoms with van der Waals surface area (Å²) in [6.07, 6.45) is 7.07. The minimum Gasteiger partial charge on any atom is -0.277 e. The predicted octanol–water partition coefficient (Wildman–Crippen LogP) is 4.08. The number of benzene rings is 1. The molecule has 0 saturated heterocycles. The number of fused-ring (bicyclic) bond motifs is 3. The van der Waals surface area contributed by atoms with E-state index in [1.807, 2.05) is 10.8 Å². The van der Waals surface area contributed by atoms with Crippen LogP contribution in [-0.2, 0) is 19.4 Å². The second-order valence-electron chi connectivity index (χ2n) is 6.48. The van der Waals surface area contributed by atoms with Crippen LogP contribution in [0.15, 0.2) is 55.0 Å². The van der Waals surface area contributed by atoms with Gasteiger partial charge in [0.05, 0.1) is 17.9 Å². The Kier molecular flexibility index (Phi) is 3.57. The third kappa shape index (κ3) is 2.50. The number of hydrogen-bond donors (Lipinski definition) is 1. The van der Waals surface area contributed by atoms with Crippen LogP contribution >= 0.6 is 11.3 Å². The van der Waals surface area contributed by atoms with Gasteiger partial charge in [0.25, 0.3) is 0 Å². The third-order valence-corrected chi connectivity index (χ3v) is 5.72. The van der Waals surface area contributed by atoms with Crippen LogP contribution in [0.25, 0.3) is 22.5 Å². The fourth-order valence-electron chi connectivity index (χ4n) is 3.58. The molecule has 5 rings (SSSR count). The molecule has 0 atom stereocenters. The Balaban J connectivity index is 1.46. The third-order valence-electron chi connectivity index (χ3n) is 4.76. The zero-order valence-electron chi connectivity index (χ0n) is 14.1. The van der Waals surface area contributed by atoms with Gasteiger partial charge in [0.2, 0.25) is 0 Å². The Hall–Kier alpha value is -2.99. The lowest BCUT2D eigenvalue weighted by atomic mass is 10.1. The SMILES string of the molecule is C=CCc1cc(-c2n[nH]c3c2Cc2cc(Cn4cncn4)ccc2-3)cs1. The first-order valence-electron chi connectivity index (χ1n) is 8.52. The van der Waals surface area contributed by atoms with Crippen molar-refractivity contribution < 1.29 is 0 Å². The molecule has 0 fully saturated rings. The van der Waals surface area contributed by atoms with Gasteiger partial charge in [0.1, 0.15) is 12.7 Å². The molecule has 0 unspecified atom stereocenters. The molecule has 0 saturated carbocycles. The van der Waals surface area contributed by atoms with Crippen LogP contribution in [0.1, 0.15) is 21.6 Å². The average molecular weight is 359 g/mol. The molecule has 1 aliphatic carbocycles. The Morgan fingerprint density at radius 2 is 2.27 bits per heavy atom. The van der Waals surface area contributed by atoms with Gasteiger partial charge in [-0.15, -0.1) is 17.9 Å². The molecule has 1 N–H and O–H groups in total. The number of aromatic amines is 1. The topological polar surface area (TPSA) is 59.4 Å². The van der Waals surface area contributed by atoms with Gasteiger partial charge < -0.3 is 0 Å². The summed E-state index contributed by atoms with van der Waals surface area (Å²) < 4.78 is 1.84. The first-order chi connectivity index (χ1) is 12.8. The summed E-state index contributed by atoms with van der Waals surface area (Å²) >= 11 is 1.77. The first kappa shape index (κ1) is 15.3. The minimum absolute atomic E-state index is 0.738. The van der Waals surface area contributed by atoms with E-state index in [4.69, 9.17) is 0 Å². The van der Waals surface area contributed by atoms with E-state index in [-0.39, 0.29) is 0 Å². The summed E-state index contributed by atoms with van der Waals surface area (Å²) in [7, 11) is 0. The van der Waals surface area contributed by atoms with Crippen molar-refractivity contribution in [1.29, 1.82) is 0 Å². The number of nitrogens with one attached hydrogen (secondary N) is 1. The highest BCUT2D eigenvalue weighted by molar-refractivity contribution is 7.10. The quantitative estimate of drug-likeness (QED) is 0.481. The van der Waals surface area contributed by atoms with Gasteiger partial charge in [-0.05, 0) is 23.6 Å². The van der Waals surface area contributed by atoms with Gasteiger partial charge in [0.15, 0.2) is 0 Å². The van der Waals surface area contributed by atoms with Crippen molar-refractivity contribution in [2.45, 2.75) is 19.4 Å². The van der Waals surface area contributed by atoms with Crippen LogP contribution in [0.4, 0.5) is 0 Å². The number of thiophene rings is 1. The van der Waals surface area contributed by atoms with E-state index in [9.17, 15) is 0 Å². The van der Waals surface area contributed by atoms with E-state index in [1.54, 1.807) is 24.0 Å². The summed E-state index contributed by atoms with van der Waals surface area (Å²) in [5.74, 6) is 0. The highest BCUT2D eigenvalue weighted by Gasteiger charge is 2.25. The molecule has 3 heterocycles. The van der Waals surface area contributed by atoms with E-state index in [2.05, 4.69) is 56.5 Å². The fraction of sp³-hybridized carbons (Fsp3) is 0.150. The fourth-order valence-corrected chi connectivity index (χ4v) is 4.45. The molecular weight excluding hydrogens is 342 g/mol. The van der Waals surface area contributed by atoms with Gasteiger partial charge >= 0.3 is 0 Å². The lowest BCUT2D eigenvalue weighted by molar-refractivity contribution is 0.684. The Bertz CT molecular complexity index is 1090. The van der Waals surface area contributed by atoms with Crippen molar-refractivity contribution in [2.75, 3.05) is 0 Å². The van der Waals surface area contributed by atoms with Gasteiger partial charge in [-0.1, -0.05) is 24.3 Å². The molecular formula is C20H17N5S. The smallest absolute Gasteiger partial charge is 0.137 e. The first-order valence-corrected chi connectivity index (χ1v) is 9.40. The maximum Gasteiger partial charge on any atom is 0.137 e. The Labute approximate surface area is 155 Å². The molecule has 3 aromatic heterocycles. The van der Waals surface area contributed by atoms with Gasteiger partial charge in [-0.2, -0.15) is 10.2 Å². The second kappa shape index (κ2) is 6.07. The van der Waals surface area contributed by atoms with Crippen molar-refractivity contribution in [2.24, 2.45) is 0 Å². The highest BCUT2D eigenvalue weighted by Crippen LogP contribution is 2.41. The Morgan fingerprint density at radius 1 is 1.31 bits per heavy atom. The molecule has 0 spiro atoms. The van der Waals surface area contributed by atoms with Crippen molar-refractivity contribution in [3.63, 3.8) is 0 Å². The largest absolute Gasteiger partial charge is 0.277 e. The van der Waals surface area contributed by atoms with Crippen LogP contribution in [-0.4, -0.2) is 25.0 Å². The van der Waals surface area contributed by atoms with Crippen molar-refractivity contribution >= 4 is 11.3 Å². The molecule has 0 radical (unpaired) electrons. The number of allylic oxidation sites excluding steroid dienone is 1. The molecule has 4 aromatic rings. The van der Waals surface area contributed by atoms with Crippen LogP contribution < -0.4 is 0 Å². The zero-order chi connectivity index (χ0) is 17.5. The van der Waals surface area contributed by atoms with E-state index in [0.717, 1.165) is 30.8 Å². The van der Waals surface area contributed by atoms with E-state index < -0.39 is 0 Å². The van der Waals surface area contributed by atoms with Gasteiger partial charge in [-0.25, -0.2) is 9.67 Å². The summed E-state index contributed by atoms with van der Waals surface area (Å²) in [6, 6.07) is 8.84. The molecule has 128 valence electrons. The molecule has 1 aromatic carbocycles. The molecule has 5 nitrogen and oxygen atoms in total. The summed E-state index contributed by atoms with van der Waals surface area (Å²) in [5.41, 5.74) is 8.54. The normalized spacial score (nSPS) is 12.2. The number of rotatable bonds is 5. The van der Waals surface area contributed by atoms with Crippen LogP contribution in [0.3, 0.4) is 0 Å². The molecule has 0 aliphatic heterocycles. The predicted molar refractivity (Wildman–Crippen MR) is 103 cm³/mol. The maximum absolute atomic E-state index is 4.60. The van der Waals surface area contributed by atoms with Crippen LogP contribution in [0.2, 0.25) is 0 Å². The molecule has 1 aliphatic rings. The Morgan fingerprint density at radius 3 is 3.12 bits per heavy atom. The van der Waals surface area contributed by atoms with Crippen LogP contribution in [0.5, 0.6) is 0 Å². The van der Waals surface area contributed by atoms with Crippen LogP contribution in [0, 0.1) is 0 Å². The monoisotopic (exact) mass is 359 g/mol. The molecule has 6 heteroatoms.